The molecule has 3 atom stereocenters. The van der Waals surface area contributed by atoms with Crippen LogP contribution >= 0.6 is 0 Å². The average molecular weight is 209 g/mol. The van der Waals surface area contributed by atoms with Crippen LogP contribution < -0.4 is 0 Å². The molecule has 0 radical (unpaired) electrons. The van der Waals surface area contributed by atoms with E-state index in [0.717, 1.165) is 32.4 Å². The van der Waals surface area contributed by atoms with Crippen molar-refractivity contribution >= 4 is 5.78 Å². The molecule has 3 heteroatoms. The molecular formula is C12H19NO2. The maximum Gasteiger partial charge on any atom is 0.134 e. The molecule has 0 spiro atoms. The fourth-order valence-corrected chi connectivity index (χ4v) is 3.26. The zero-order valence-corrected chi connectivity index (χ0v) is 9.15. The van der Waals surface area contributed by atoms with E-state index in [1.807, 2.05) is 0 Å². The molecule has 2 heterocycles. The van der Waals surface area contributed by atoms with Crippen molar-refractivity contribution in [2.24, 2.45) is 0 Å². The molecule has 1 aliphatic carbocycles. The highest BCUT2D eigenvalue weighted by Gasteiger charge is 2.37. The molecule has 2 saturated heterocycles. The van der Waals surface area contributed by atoms with Crippen LogP contribution in [0, 0.1) is 0 Å². The van der Waals surface area contributed by atoms with Gasteiger partial charge in [-0.1, -0.05) is 0 Å². The fourth-order valence-electron chi connectivity index (χ4n) is 3.26. The minimum atomic E-state index is 0.459. The molecule has 2 aliphatic heterocycles. The molecule has 0 aromatic carbocycles. The van der Waals surface area contributed by atoms with Crippen molar-refractivity contribution in [1.29, 1.82) is 0 Å². The number of ketones is 1. The van der Waals surface area contributed by atoms with Gasteiger partial charge in [-0.25, -0.2) is 0 Å². The topological polar surface area (TPSA) is 29.5 Å². The van der Waals surface area contributed by atoms with E-state index in [0.29, 0.717) is 24.0 Å². The number of nitrogens with zero attached hydrogens (tertiary/aromatic N) is 1. The molecule has 0 amide bonds. The molecule has 3 rings (SSSR count). The van der Waals surface area contributed by atoms with Gasteiger partial charge in [0.25, 0.3) is 0 Å². The number of carbonyl (C=O) groups excluding carboxylic acids is 1. The Morgan fingerprint density at radius 2 is 1.87 bits per heavy atom. The SMILES string of the molecule is O=C1CCCC(N2CC3CCC(C2)O3)C1. The van der Waals surface area contributed by atoms with Gasteiger partial charge in [0.05, 0.1) is 12.2 Å². The molecule has 1 saturated carbocycles. The number of rotatable bonds is 1. The van der Waals surface area contributed by atoms with Crippen molar-refractivity contribution in [3.05, 3.63) is 0 Å². The van der Waals surface area contributed by atoms with E-state index in [9.17, 15) is 4.79 Å². The van der Waals surface area contributed by atoms with Gasteiger partial charge in [-0.3, -0.25) is 9.69 Å². The summed E-state index contributed by atoms with van der Waals surface area (Å²) >= 11 is 0. The van der Waals surface area contributed by atoms with Crippen molar-refractivity contribution in [2.45, 2.75) is 56.8 Å². The Kier molecular flexibility index (Phi) is 2.53. The van der Waals surface area contributed by atoms with E-state index < -0.39 is 0 Å². The molecule has 0 N–H and O–H groups in total. The van der Waals surface area contributed by atoms with E-state index in [-0.39, 0.29) is 0 Å². The average Bonchev–Trinajstić information content (AvgIpc) is 2.58. The normalized spacial score (nSPS) is 42.1. The van der Waals surface area contributed by atoms with Crippen LogP contribution in [0.25, 0.3) is 0 Å². The summed E-state index contributed by atoms with van der Waals surface area (Å²) in [5.41, 5.74) is 0. The maximum absolute atomic E-state index is 11.4. The van der Waals surface area contributed by atoms with Gasteiger partial charge in [-0.05, 0) is 25.7 Å². The number of morpholine rings is 1. The smallest absolute Gasteiger partial charge is 0.134 e. The first-order valence-corrected chi connectivity index (χ1v) is 6.22. The van der Waals surface area contributed by atoms with Gasteiger partial charge in [0.2, 0.25) is 0 Å². The van der Waals surface area contributed by atoms with E-state index in [1.54, 1.807) is 0 Å². The zero-order valence-electron chi connectivity index (χ0n) is 9.15. The molecule has 84 valence electrons. The number of ether oxygens (including phenoxy) is 1. The van der Waals surface area contributed by atoms with E-state index in [1.165, 1.54) is 19.3 Å². The summed E-state index contributed by atoms with van der Waals surface area (Å²) in [6, 6.07) is 0.526. The van der Waals surface area contributed by atoms with Crippen LogP contribution in [-0.4, -0.2) is 42.0 Å². The van der Waals surface area contributed by atoms with Gasteiger partial charge < -0.3 is 4.74 Å². The van der Waals surface area contributed by atoms with Gasteiger partial charge in [-0.2, -0.15) is 0 Å². The molecule has 3 unspecified atom stereocenters. The minimum Gasteiger partial charge on any atom is -0.372 e. The number of likely N-dealkylation sites (tertiary alicyclic amines) is 1. The summed E-state index contributed by atoms with van der Waals surface area (Å²) < 4.78 is 5.82. The van der Waals surface area contributed by atoms with Crippen LogP contribution in [0.2, 0.25) is 0 Å². The molecule has 15 heavy (non-hydrogen) atoms. The molecule has 2 bridgehead atoms. The van der Waals surface area contributed by atoms with Crippen molar-refractivity contribution < 1.29 is 9.53 Å². The van der Waals surface area contributed by atoms with Crippen LogP contribution in [0.1, 0.15) is 38.5 Å². The number of hydrogen-bond acceptors (Lipinski definition) is 3. The third-order valence-electron chi connectivity index (χ3n) is 4.04. The highest BCUT2D eigenvalue weighted by molar-refractivity contribution is 5.79. The van der Waals surface area contributed by atoms with Gasteiger partial charge in [0.1, 0.15) is 5.78 Å². The lowest BCUT2D eigenvalue weighted by molar-refractivity contribution is -0.124. The predicted molar refractivity (Wildman–Crippen MR) is 56.7 cm³/mol. The van der Waals surface area contributed by atoms with Crippen LogP contribution in [0.5, 0.6) is 0 Å². The lowest BCUT2D eigenvalue weighted by Gasteiger charge is -2.39. The Morgan fingerprint density at radius 1 is 1.13 bits per heavy atom. The van der Waals surface area contributed by atoms with Crippen LogP contribution in [-0.2, 0) is 9.53 Å². The molecule has 0 aromatic heterocycles. The van der Waals surface area contributed by atoms with Crippen molar-refractivity contribution in [1.82, 2.24) is 4.90 Å². The van der Waals surface area contributed by atoms with Gasteiger partial charge in [0, 0.05) is 32.0 Å². The van der Waals surface area contributed by atoms with E-state index >= 15 is 0 Å². The highest BCUT2D eigenvalue weighted by atomic mass is 16.5. The van der Waals surface area contributed by atoms with Gasteiger partial charge in [0.15, 0.2) is 0 Å². The largest absolute Gasteiger partial charge is 0.372 e. The van der Waals surface area contributed by atoms with Crippen molar-refractivity contribution in [3.8, 4) is 0 Å². The van der Waals surface area contributed by atoms with Gasteiger partial charge >= 0.3 is 0 Å². The molecular weight excluding hydrogens is 190 g/mol. The Morgan fingerprint density at radius 3 is 2.53 bits per heavy atom. The second-order valence-corrected chi connectivity index (χ2v) is 5.20. The summed E-state index contributed by atoms with van der Waals surface area (Å²) in [5.74, 6) is 0.463. The van der Waals surface area contributed by atoms with Gasteiger partial charge in [-0.15, -0.1) is 0 Å². The Bertz CT molecular complexity index is 254. The predicted octanol–water partition coefficient (Wildman–Crippen LogP) is 1.36. The first kappa shape index (κ1) is 9.79. The van der Waals surface area contributed by atoms with Crippen molar-refractivity contribution in [3.63, 3.8) is 0 Å². The molecule has 3 aliphatic rings. The standard InChI is InChI=1S/C12H19NO2/c14-10-3-1-2-9(6-10)13-7-11-4-5-12(8-13)15-11/h9,11-12H,1-8H2. The van der Waals surface area contributed by atoms with E-state index in [4.69, 9.17) is 4.74 Å². The van der Waals surface area contributed by atoms with Crippen molar-refractivity contribution in [2.75, 3.05) is 13.1 Å². The lowest BCUT2D eigenvalue weighted by atomic mass is 9.92. The summed E-state index contributed by atoms with van der Waals surface area (Å²) in [6.45, 7) is 2.13. The summed E-state index contributed by atoms with van der Waals surface area (Å²) in [6.07, 6.45) is 7.28. The minimum absolute atomic E-state index is 0.459. The molecule has 0 aromatic rings. The fraction of sp³-hybridized carbons (Fsp3) is 0.917. The first-order chi connectivity index (χ1) is 7.31. The van der Waals surface area contributed by atoms with Crippen LogP contribution in [0.3, 0.4) is 0 Å². The zero-order chi connectivity index (χ0) is 10.3. The Labute approximate surface area is 90.8 Å². The summed E-state index contributed by atoms with van der Waals surface area (Å²) in [4.78, 5) is 14.0. The lowest BCUT2D eigenvalue weighted by Crippen LogP contribution is -2.49. The molecule has 3 fully saturated rings. The number of hydrogen-bond donors (Lipinski definition) is 0. The van der Waals surface area contributed by atoms with Crippen LogP contribution in [0.4, 0.5) is 0 Å². The maximum atomic E-state index is 11.4. The summed E-state index contributed by atoms with van der Waals surface area (Å²) in [7, 11) is 0. The third-order valence-corrected chi connectivity index (χ3v) is 4.04. The first-order valence-electron chi connectivity index (χ1n) is 6.22. The van der Waals surface area contributed by atoms with Crippen LogP contribution in [0.15, 0.2) is 0 Å². The summed E-state index contributed by atoms with van der Waals surface area (Å²) in [5, 5.41) is 0. The Balaban J connectivity index is 1.64. The Hall–Kier alpha value is -0.410. The second-order valence-electron chi connectivity index (χ2n) is 5.20. The van der Waals surface area contributed by atoms with E-state index in [2.05, 4.69) is 4.90 Å². The number of carbonyl (C=O) groups is 1. The number of fused-ring (bicyclic) bond motifs is 2. The second kappa shape index (κ2) is 3.87. The monoisotopic (exact) mass is 209 g/mol. The molecule has 3 nitrogen and oxygen atoms in total. The highest BCUT2D eigenvalue weighted by Crippen LogP contribution is 2.30. The third kappa shape index (κ3) is 1.95. The quantitative estimate of drug-likeness (QED) is 0.653. The number of Topliss-reactive ketones (excluding diaryl/α,β-unsaturated/α-hetero) is 1.